The maximum atomic E-state index is 13.0. The summed E-state index contributed by atoms with van der Waals surface area (Å²) in [5.41, 5.74) is 3.07. The van der Waals surface area contributed by atoms with Crippen LogP contribution in [0, 0.1) is 6.92 Å². The van der Waals surface area contributed by atoms with Crippen molar-refractivity contribution in [3.05, 3.63) is 105 Å². The predicted octanol–water partition coefficient (Wildman–Crippen LogP) is 7.45. The van der Waals surface area contributed by atoms with Crippen LogP contribution in [-0.4, -0.2) is 35.1 Å². The molecule has 4 aromatic carbocycles. The quantitative estimate of drug-likeness (QED) is 0.205. The van der Waals surface area contributed by atoms with Crippen LogP contribution in [0.3, 0.4) is 0 Å². The Kier molecular flexibility index (Phi) is 8.61. The number of imide groups is 1. The van der Waals surface area contributed by atoms with Crippen molar-refractivity contribution in [3.8, 4) is 11.5 Å². The molecule has 5 rings (SSSR count). The van der Waals surface area contributed by atoms with Crippen molar-refractivity contribution in [2.45, 2.75) is 20.5 Å². The molecule has 0 unspecified atom stereocenters. The number of anilines is 1. The lowest BCUT2D eigenvalue weighted by Gasteiger charge is -2.14. The number of halogens is 1. The van der Waals surface area contributed by atoms with Crippen LogP contribution in [0.1, 0.15) is 23.6 Å². The van der Waals surface area contributed by atoms with Gasteiger partial charge in [-0.1, -0.05) is 66.2 Å². The van der Waals surface area contributed by atoms with Gasteiger partial charge in [-0.15, -0.1) is 0 Å². The smallest absolute Gasteiger partial charge is 0.294 e. The van der Waals surface area contributed by atoms with Gasteiger partial charge in [-0.2, -0.15) is 0 Å². The van der Waals surface area contributed by atoms with E-state index in [0.717, 1.165) is 38.6 Å². The summed E-state index contributed by atoms with van der Waals surface area (Å²) in [6.07, 6.45) is 1.61. The van der Waals surface area contributed by atoms with Crippen LogP contribution < -0.4 is 14.8 Å². The molecule has 208 valence electrons. The van der Waals surface area contributed by atoms with Crippen molar-refractivity contribution in [1.82, 2.24) is 4.90 Å². The molecule has 7 nitrogen and oxygen atoms in total. The molecule has 0 aromatic heterocycles. The fourth-order valence-corrected chi connectivity index (χ4v) is 5.40. The molecule has 41 heavy (non-hydrogen) atoms. The minimum absolute atomic E-state index is 0.216. The van der Waals surface area contributed by atoms with Crippen molar-refractivity contribution in [2.24, 2.45) is 0 Å². The first-order valence-electron chi connectivity index (χ1n) is 13.0. The van der Waals surface area contributed by atoms with E-state index in [1.54, 1.807) is 42.5 Å². The van der Waals surface area contributed by atoms with Crippen LogP contribution in [0.25, 0.3) is 16.8 Å². The highest BCUT2D eigenvalue weighted by molar-refractivity contribution is 8.18. The van der Waals surface area contributed by atoms with Crippen LogP contribution in [0.5, 0.6) is 11.5 Å². The Labute approximate surface area is 247 Å². The van der Waals surface area contributed by atoms with Crippen molar-refractivity contribution >= 4 is 63.0 Å². The standard InChI is InChI=1S/C32H27ClN2O5S/c1-3-39-28-15-21(12-14-27(28)40-19-23-9-6-8-22-7-4-5-10-25(22)23)16-29-31(37)35(32(38)41-29)18-30(36)34-24-13-11-20(2)26(33)17-24/h4-17H,3,18-19H2,1-2H3,(H,34,36)/b29-16+. The summed E-state index contributed by atoms with van der Waals surface area (Å²) in [6, 6.07) is 24.7. The van der Waals surface area contributed by atoms with E-state index in [0.29, 0.717) is 41.0 Å². The van der Waals surface area contributed by atoms with E-state index in [4.69, 9.17) is 21.1 Å². The summed E-state index contributed by atoms with van der Waals surface area (Å²) in [5, 5.41) is 4.93. The molecule has 0 spiro atoms. The number of nitrogens with one attached hydrogen (secondary N) is 1. The summed E-state index contributed by atoms with van der Waals surface area (Å²) < 4.78 is 12.0. The minimum atomic E-state index is -0.536. The average molecular weight is 587 g/mol. The van der Waals surface area contributed by atoms with Crippen molar-refractivity contribution in [1.29, 1.82) is 0 Å². The summed E-state index contributed by atoms with van der Waals surface area (Å²) in [7, 11) is 0. The van der Waals surface area contributed by atoms with Crippen LogP contribution >= 0.6 is 23.4 Å². The van der Waals surface area contributed by atoms with E-state index in [1.165, 1.54) is 0 Å². The number of rotatable bonds is 9. The van der Waals surface area contributed by atoms with Gasteiger partial charge in [-0.05, 0) is 83.4 Å². The van der Waals surface area contributed by atoms with E-state index in [2.05, 4.69) is 23.5 Å². The molecular formula is C32H27ClN2O5S. The Morgan fingerprint density at radius 2 is 1.78 bits per heavy atom. The van der Waals surface area contributed by atoms with Gasteiger partial charge in [0.25, 0.3) is 11.1 Å². The second-order valence-corrected chi connectivity index (χ2v) is 10.7. The fraction of sp³-hybridized carbons (Fsp3) is 0.156. The first-order chi connectivity index (χ1) is 19.8. The Morgan fingerprint density at radius 3 is 2.59 bits per heavy atom. The normalized spacial score (nSPS) is 14.1. The van der Waals surface area contributed by atoms with E-state index in [-0.39, 0.29) is 4.91 Å². The second-order valence-electron chi connectivity index (χ2n) is 9.35. The largest absolute Gasteiger partial charge is 0.490 e. The average Bonchev–Trinajstić information content (AvgIpc) is 3.22. The Morgan fingerprint density at radius 1 is 0.976 bits per heavy atom. The van der Waals surface area contributed by atoms with Gasteiger partial charge in [-0.3, -0.25) is 19.3 Å². The molecule has 1 heterocycles. The van der Waals surface area contributed by atoms with E-state index in [1.807, 2.05) is 38.1 Å². The van der Waals surface area contributed by atoms with Gasteiger partial charge in [0.05, 0.1) is 11.5 Å². The number of ether oxygens (including phenoxy) is 2. The van der Waals surface area contributed by atoms with Crippen molar-refractivity contribution < 1.29 is 23.9 Å². The van der Waals surface area contributed by atoms with Gasteiger partial charge in [0, 0.05) is 10.7 Å². The second kappa shape index (κ2) is 12.5. The van der Waals surface area contributed by atoms with Crippen molar-refractivity contribution in [3.63, 3.8) is 0 Å². The van der Waals surface area contributed by atoms with Gasteiger partial charge in [0.15, 0.2) is 11.5 Å². The molecule has 1 aliphatic heterocycles. The minimum Gasteiger partial charge on any atom is -0.490 e. The number of carbonyl (C=O) groups excluding carboxylic acids is 3. The van der Waals surface area contributed by atoms with E-state index < -0.39 is 23.6 Å². The highest BCUT2D eigenvalue weighted by Gasteiger charge is 2.36. The number of fused-ring (bicyclic) bond motifs is 1. The van der Waals surface area contributed by atoms with Crippen LogP contribution in [0.15, 0.2) is 83.8 Å². The molecule has 9 heteroatoms. The maximum absolute atomic E-state index is 13.0. The SMILES string of the molecule is CCOc1cc(/C=C2/SC(=O)N(CC(=O)Nc3ccc(C)c(Cl)c3)C2=O)ccc1OCc1cccc2ccccc12. The highest BCUT2D eigenvalue weighted by atomic mass is 35.5. The summed E-state index contributed by atoms with van der Waals surface area (Å²) in [5.74, 6) is 0.0564. The molecule has 4 aromatic rings. The predicted molar refractivity (Wildman–Crippen MR) is 163 cm³/mol. The number of nitrogens with zero attached hydrogens (tertiary/aromatic N) is 1. The van der Waals surface area contributed by atoms with Gasteiger partial charge in [0.1, 0.15) is 13.2 Å². The summed E-state index contributed by atoms with van der Waals surface area (Å²) >= 11 is 6.91. The van der Waals surface area contributed by atoms with Crippen molar-refractivity contribution in [2.75, 3.05) is 18.5 Å². The number of hydrogen-bond donors (Lipinski definition) is 1. The molecule has 1 N–H and O–H groups in total. The molecule has 1 aliphatic rings. The molecule has 0 saturated carbocycles. The Balaban J connectivity index is 1.28. The molecule has 0 radical (unpaired) electrons. The fourth-order valence-electron chi connectivity index (χ4n) is 4.38. The topological polar surface area (TPSA) is 84.9 Å². The number of hydrogen-bond acceptors (Lipinski definition) is 6. The Hall–Kier alpha value is -4.27. The lowest BCUT2D eigenvalue weighted by Crippen LogP contribution is -2.36. The highest BCUT2D eigenvalue weighted by Crippen LogP contribution is 2.35. The molecule has 0 aliphatic carbocycles. The van der Waals surface area contributed by atoms with E-state index in [9.17, 15) is 14.4 Å². The summed E-state index contributed by atoms with van der Waals surface area (Å²) in [4.78, 5) is 39.3. The van der Waals surface area contributed by atoms with Gasteiger partial charge < -0.3 is 14.8 Å². The number of amides is 3. The number of aryl methyl sites for hydroxylation is 1. The molecular weight excluding hydrogens is 560 g/mol. The summed E-state index contributed by atoms with van der Waals surface area (Å²) in [6.45, 7) is 4.11. The van der Waals surface area contributed by atoms with Crippen LogP contribution in [0.4, 0.5) is 10.5 Å². The van der Waals surface area contributed by atoms with Crippen LogP contribution in [0.2, 0.25) is 5.02 Å². The van der Waals surface area contributed by atoms with Gasteiger partial charge in [0.2, 0.25) is 5.91 Å². The number of thioether (sulfide) groups is 1. The molecule has 3 amide bonds. The first kappa shape index (κ1) is 28.3. The molecule has 0 atom stereocenters. The zero-order chi connectivity index (χ0) is 28.9. The number of carbonyl (C=O) groups is 3. The van der Waals surface area contributed by atoms with Crippen LogP contribution in [-0.2, 0) is 16.2 Å². The lowest BCUT2D eigenvalue weighted by atomic mass is 10.1. The zero-order valence-corrected chi connectivity index (χ0v) is 24.1. The van der Waals surface area contributed by atoms with Gasteiger partial charge in [-0.25, -0.2) is 0 Å². The lowest BCUT2D eigenvalue weighted by molar-refractivity contribution is -0.127. The third kappa shape index (κ3) is 6.56. The Bertz CT molecular complexity index is 1680. The zero-order valence-electron chi connectivity index (χ0n) is 22.5. The third-order valence-corrected chi connectivity index (χ3v) is 7.77. The third-order valence-electron chi connectivity index (χ3n) is 6.46. The maximum Gasteiger partial charge on any atom is 0.294 e. The molecule has 1 saturated heterocycles. The van der Waals surface area contributed by atoms with Gasteiger partial charge >= 0.3 is 0 Å². The first-order valence-corrected chi connectivity index (χ1v) is 14.2. The molecule has 1 fully saturated rings. The van der Waals surface area contributed by atoms with E-state index >= 15 is 0 Å². The molecule has 0 bridgehead atoms. The monoisotopic (exact) mass is 586 g/mol. The number of benzene rings is 4.